The Labute approximate surface area is 357 Å². The summed E-state index contributed by atoms with van der Waals surface area (Å²) in [5.74, 6) is -1.34. The molecule has 6 rings (SSSR count). The number of piperidine rings is 1. The van der Waals surface area contributed by atoms with Crippen molar-refractivity contribution in [2.45, 2.75) is 97.6 Å². The second kappa shape index (κ2) is 21.3. The average Bonchev–Trinajstić information content (AvgIpc) is 3.64. The number of aryl methyl sites for hydroxylation is 3. The van der Waals surface area contributed by atoms with E-state index in [4.69, 9.17) is 9.47 Å². The van der Waals surface area contributed by atoms with Crippen LogP contribution in [0, 0.1) is 5.92 Å². The summed E-state index contributed by atoms with van der Waals surface area (Å²) in [6.07, 6.45) is 8.45. The number of thiophene rings is 1. The van der Waals surface area contributed by atoms with Crippen LogP contribution in [0.1, 0.15) is 118 Å². The van der Waals surface area contributed by atoms with E-state index in [0.29, 0.717) is 47.1 Å². The number of nitrogens with zero attached hydrogens (tertiary/aromatic N) is 2. The second-order valence-electron chi connectivity index (χ2n) is 15.7. The van der Waals surface area contributed by atoms with Crippen molar-refractivity contribution >= 4 is 51.7 Å². The number of benzene rings is 3. The smallest absolute Gasteiger partial charge is 0.337 e. The van der Waals surface area contributed by atoms with Crippen LogP contribution in [0.5, 0.6) is 0 Å². The van der Waals surface area contributed by atoms with Gasteiger partial charge in [-0.1, -0.05) is 50.2 Å². The van der Waals surface area contributed by atoms with Crippen LogP contribution < -0.4 is 10.6 Å². The van der Waals surface area contributed by atoms with Crippen molar-refractivity contribution in [3.8, 4) is 0 Å². The molecule has 1 aromatic heterocycles. The molecule has 4 aromatic rings. The Hall–Kier alpha value is -5.33. The van der Waals surface area contributed by atoms with Gasteiger partial charge in [-0.05, 0) is 136 Å². The van der Waals surface area contributed by atoms with Crippen molar-refractivity contribution in [1.82, 2.24) is 9.80 Å². The molecule has 0 saturated carbocycles. The van der Waals surface area contributed by atoms with Crippen LogP contribution >= 0.6 is 11.3 Å². The van der Waals surface area contributed by atoms with Crippen LogP contribution in [-0.2, 0) is 51.3 Å². The van der Waals surface area contributed by atoms with Gasteiger partial charge in [-0.2, -0.15) is 0 Å². The first kappa shape index (κ1) is 44.2. The van der Waals surface area contributed by atoms with Crippen LogP contribution in [0.2, 0.25) is 0 Å². The number of anilines is 2. The minimum absolute atomic E-state index is 0.00133. The van der Waals surface area contributed by atoms with E-state index < -0.39 is 0 Å². The molecular formula is C48H58N4O7S. The lowest BCUT2D eigenvalue weighted by atomic mass is 9.95. The Morgan fingerprint density at radius 2 is 1.52 bits per heavy atom. The molecule has 3 aromatic carbocycles. The lowest BCUT2D eigenvalue weighted by Gasteiger charge is -2.35. The van der Waals surface area contributed by atoms with Crippen molar-refractivity contribution in [3.63, 3.8) is 0 Å². The third-order valence-electron chi connectivity index (χ3n) is 11.6. The van der Waals surface area contributed by atoms with E-state index in [9.17, 15) is 24.0 Å². The fraction of sp³-hybridized carbons (Fsp3) is 0.438. The normalized spacial score (nSPS) is 15.2. The first-order chi connectivity index (χ1) is 29.1. The number of methoxy groups -OCH3 is 1. The Kier molecular flexibility index (Phi) is 15.7. The van der Waals surface area contributed by atoms with Gasteiger partial charge in [0, 0.05) is 35.3 Å². The number of amides is 3. The quantitative estimate of drug-likeness (QED) is 0.101. The number of carbonyl (C=O) groups is 5. The molecule has 2 aliphatic rings. The van der Waals surface area contributed by atoms with Crippen molar-refractivity contribution in [1.29, 1.82) is 0 Å². The predicted octanol–water partition coefficient (Wildman–Crippen LogP) is 8.50. The molecule has 3 amide bonds. The molecule has 1 saturated heterocycles. The van der Waals surface area contributed by atoms with E-state index >= 15 is 0 Å². The number of esters is 2. The van der Waals surface area contributed by atoms with Gasteiger partial charge in [0.25, 0.3) is 11.8 Å². The maximum atomic E-state index is 14.0. The third kappa shape index (κ3) is 11.3. The number of hydrogen-bond acceptors (Lipinski definition) is 9. The zero-order chi connectivity index (χ0) is 42.6. The van der Waals surface area contributed by atoms with Crippen molar-refractivity contribution in [2.24, 2.45) is 5.92 Å². The first-order valence-electron chi connectivity index (χ1n) is 21.4. The summed E-state index contributed by atoms with van der Waals surface area (Å²) in [7, 11) is 1.37. The molecule has 2 heterocycles. The number of fused-ring (bicyclic) bond motifs is 1. The molecule has 1 aliphatic heterocycles. The summed E-state index contributed by atoms with van der Waals surface area (Å²) in [6, 6.07) is 22.6. The summed E-state index contributed by atoms with van der Waals surface area (Å²) in [5, 5.41) is 6.73. The van der Waals surface area contributed by atoms with Crippen LogP contribution in [0.4, 0.5) is 10.7 Å². The minimum Gasteiger partial charge on any atom is -0.466 e. The molecule has 12 heteroatoms. The number of likely N-dealkylation sites (tertiary alicyclic amines) is 1. The molecule has 0 radical (unpaired) electrons. The molecule has 1 unspecified atom stereocenters. The molecule has 60 heavy (non-hydrogen) atoms. The summed E-state index contributed by atoms with van der Waals surface area (Å²) >= 11 is 1.48. The Bertz CT molecular complexity index is 2130. The number of carbonyl (C=O) groups excluding carboxylic acids is 5. The van der Waals surface area contributed by atoms with Gasteiger partial charge < -0.3 is 25.0 Å². The van der Waals surface area contributed by atoms with E-state index in [-0.39, 0.29) is 48.2 Å². The molecular weight excluding hydrogens is 777 g/mol. The van der Waals surface area contributed by atoms with Crippen LogP contribution in [0.3, 0.4) is 0 Å². The van der Waals surface area contributed by atoms with Gasteiger partial charge in [0.1, 0.15) is 5.00 Å². The van der Waals surface area contributed by atoms with Crippen LogP contribution in [0.25, 0.3) is 0 Å². The highest BCUT2D eigenvalue weighted by molar-refractivity contribution is 7.17. The first-order valence-corrected chi connectivity index (χ1v) is 22.2. The fourth-order valence-electron chi connectivity index (χ4n) is 8.32. The predicted molar refractivity (Wildman–Crippen MR) is 236 cm³/mol. The van der Waals surface area contributed by atoms with Gasteiger partial charge in [-0.3, -0.25) is 24.1 Å². The van der Waals surface area contributed by atoms with Crippen molar-refractivity contribution in [3.05, 3.63) is 117 Å². The Morgan fingerprint density at radius 1 is 0.817 bits per heavy atom. The molecule has 0 spiro atoms. The molecule has 1 aliphatic carbocycles. The maximum Gasteiger partial charge on any atom is 0.337 e. The van der Waals surface area contributed by atoms with Gasteiger partial charge in [-0.15, -0.1) is 11.3 Å². The highest BCUT2D eigenvalue weighted by Gasteiger charge is 2.31. The maximum absolute atomic E-state index is 14.0. The topological polar surface area (TPSA) is 134 Å². The number of hydrogen-bond donors (Lipinski definition) is 2. The number of ether oxygens (including phenoxy) is 2. The van der Waals surface area contributed by atoms with E-state index in [1.54, 1.807) is 18.2 Å². The highest BCUT2D eigenvalue weighted by atomic mass is 32.1. The van der Waals surface area contributed by atoms with E-state index in [0.717, 1.165) is 97.9 Å². The van der Waals surface area contributed by atoms with Crippen LogP contribution in [0.15, 0.2) is 72.8 Å². The highest BCUT2D eigenvalue weighted by Crippen LogP contribution is 2.39. The Morgan fingerprint density at radius 3 is 2.20 bits per heavy atom. The minimum atomic E-state index is -0.356. The molecule has 2 N–H and O–H groups in total. The van der Waals surface area contributed by atoms with E-state index in [1.165, 1.54) is 18.4 Å². The average molecular weight is 835 g/mol. The molecule has 0 bridgehead atoms. The molecule has 1 atom stereocenters. The van der Waals surface area contributed by atoms with E-state index in [1.807, 2.05) is 66.4 Å². The van der Waals surface area contributed by atoms with Gasteiger partial charge >= 0.3 is 11.9 Å². The summed E-state index contributed by atoms with van der Waals surface area (Å²) in [4.78, 5) is 71.2. The fourth-order valence-corrected chi connectivity index (χ4v) is 9.61. The van der Waals surface area contributed by atoms with Gasteiger partial charge in [0.2, 0.25) is 5.91 Å². The summed E-state index contributed by atoms with van der Waals surface area (Å²) < 4.78 is 10.1. The lowest BCUT2D eigenvalue weighted by molar-refractivity contribution is -0.151. The van der Waals surface area contributed by atoms with E-state index in [2.05, 4.69) is 29.4 Å². The second-order valence-corrected chi connectivity index (χ2v) is 16.8. The van der Waals surface area contributed by atoms with Crippen molar-refractivity contribution < 1.29 is 33.4 Å². The van der Waals surface area contributed by atoms with Gasteiger partial charge in [0.05, 0.1) is 37.3 Å². The number of nitrogens with one attached hydrogen (secondary N) is 2. The molecule has 1 fully saturated rings. The van der Waals surface area contributed by atoms with Crippen molar-refractivity contribution in [2.75, 3.05) is 44.0 Å². The third-order valence-corrected chi connectivity index (χ3v) is 12.9. The zero-order valence-electron chi connectivity index (χ0n) is 35.3. The van der Waals surface area contributed by atoms with Gasteiger partial charge in [0.15, 0.2) is 0 Å². The lowest BCUT2D eigenvalue weighted by Crippen LogP contribution is -2.48. The van der Waals surface area contributed by atoms with Crippen LogP contribution in [-0.4, -0.2) is 78.9 Å². The Balaban J connectivity index is 1.11. The monoisotopic (exact) mass is 834 g/mol. The van der Waals surface area contributed by atoms with Gasteiger partial charge in [-0.25, -0.2) is 4.79 Å². The zero-order valence-corrected chi connectivity index (χ0v) is 36.2. The standard InChI is InChI=1S/C48H58N4O7S/c1-5-39(6-2)52(42(53)31-51-27-11-14-37(30-51)48(57)59-7-3)29-34-12-10-13-36(28-34)44(54)50-46-43(40-15-8-9-16-41(40)60-46)45(55)49-38-25-21-33(22-26-38)18-17-32-19-23-35(24-20-32)47(56)58-4/h10,12-13,19-26,28,37,39H,5-9,11,14-18,27,29-31H2,1-4H3,(H,49,55)(H,50,54). The molecule has 318 valence electrons. The summed E-state index contributed by atoms with van der Waals surface area (Å²) in [6.45, 7) is 8.15. The largest absolute Gasteiger partial charge is 0.466 e. The summed E-state index contributed by atoms with van der Waals surface area (Å²) in [5.41, 5.74) is 6.23. The molecule has 11 nitrogen and oxygen atoms in total. The number of rotatable bonds is 17. The SMILES string of the molecule is CCOC(=O)C1CCCN(CC(=O)N(Cc2cccc(C(=O)Nc3sc4c(c3C(=O)Nc3ccc(CCc5ccc(C(=O)OC)cc5)cc3)CCCC4)c2)C(CC)CC)C1.